The highest BCUT2D eigenvalue weighted by atomic mass is 19.1. The van der Waals surface area contributed by atoms with Crippen molar-refractivity contribution in [1.29, 1.82) is 0 Å². The van der Waals surface area contributed by atoms with Crippen molar-refractivity contribution in [3.05, 3.63) is 72.2 Å². The molecule has 176 valence electrons. The van der Waals surface area contributed by atoms with Crippen LogP contribution in [0.2, 0.25) is 0 Å². The second-order valence-electron chi connectivity index (χ2n) is 8.84. The van der Waals surface area contributed by atoms with Crippen molar-refractivity contribution in [2.75, 3.05) is 6.61 Å². The summed E-state index contributed by atoms with van der Waals surface area (Å²) in [4.78, 5) is 4.53. The lowest BCUT2D eigenvalue weighted by atomic mass is 10.0. The Morgan fingerprint density at radius 1 is 0.727 bits per heavy atom. The molecule has 0 spiro atoms. The Morgan fingerprint density at radius 3 is 2.12 bits per heavy atom. The molecule has 1 heterocycles. The number of halogens is 1. The maximum Gasteiger partial charge on any atom is 0.136 e. The van der Waals surface area contributed by atoms with Gasteiger partial charge in [-0.1, -0.05) is 89.1 Å². The average molecular weight is 448 g/mol. The van der Waals surface area contributed by atoms with Gasteiger partial charge in [0.05, 0.1) is 12.3 Å². The Bertz CT molecular complexity index is 950. The molecule has 0 unspecified atom stereocenters. The van der Waals surface area contributed by atoms with Crippen LogP contribution in [0.15, 0.2) is 60.8 Å². The number of ether oxygens (including phenoxy) is 1. The molecule has 0 N–H and O–H groups in total. The lowest BCUT2D eigenvalue weighted by Crippen LogP contribution is -1.98. The number of benzene rings is 2. The zero-order valence-corrected chi connectivity index (χ0v) is 20.3. The van der Waals surface area contributed by atoms with Crippen LogP contribution in [-0.4, -0.2) is 11.6 Å². The predicted octanol–water partition coefficient (Wildman–Crippen LogP) is 9.03. The van der Waals surface area contributed by atoms with Crippen LogP contribution in [0.1, 0.15) is 77.2 Å². The van der Waals surface area contributed by atoms with Gasteiger partial charge in [0.2, 0.25) is 0 Å². The summed E-state index contributed by atoms with van der Waals surface area (Å²) < 4.78 is 20.5. The Hall–Kier alpha value is -2.68. The van der Waals surface area contributed by atoms with E-state index in [-0.39, 0.29) is 5.82 Å². The molecule has 0 saturated heterocycles. The fourth-order valence-corrected chi connectivity index (χ4v) is 4.03. The van der Waals surface area contributed by atoms with E-state index in [2.05, 4.69) is 43.1 Å². The SMILES string of the molecule is CCCCCCCCOc1ccc(-c2ccc(-c3ccc(CCCCC)cc3)cn2)c(F)c1. The van der Waals surface area contributed by atoms with E-state index in [4.69, 9.17) is 4.74 Å². The summed E-state index contributed by atoms with van der Waals surface area (Å²) in [6, 6.07) is 17.7. The number of hydrogen-bond donors (Lipinski definition) is 0. The van der Waals surface area contributed by atoms with Crippen molar-refractivity contribution in [1.82, 2.24) is 4.98 Å². The third kappa shape index (κ3) is 7.99. The summed E-state index contributed by atoms with van der Waals surface area (Å²) in [6.07, 6.45) is 14.0. The van der Waals surface area contributed by atoms with Crippen molar-refractivity contribution in [2.24, 2.45) is 0 Å². The van der Waals surface area contributed by atoms with Crippen molar-refractivity contribution >= 4 is 0 Å². The molecule has 1 aromatic heterocycles. The monoisotopic (exact) mass is 447 g/mol. The van der Waals surface area contributed by atoms with E-state index in [1.54, 1.807) is 6.07 Å². The third-order valence-corrected chi connectivity index (χ3v) is 6.10. The van der Waals surface area contributed by atoms with Gasteiger partial charge in [-0.3, -0.25) is 4.98 Å². The van der Waals surface area contributed by atoms with Crippen LogP contribution in [0.5, 0.6) is 5.75 Å². The molecule has 0 aliphatic heterocycles. The topological polar surface area (TPSA) is 22.1 Å². The van der Waals surface area contributed by atoms with E-state index in [0.717, 1.165) is 24.0 Å². The molecule has 3 rings (SSSR count). The van der Waals surface area contributed by atoms with Crippen LogP contribution in [0.25, 0.3) is 22.4 Å². The number of unbranched alkanes of at least 4 members (excludes halogenated alkanes) is 7. The molecular weight excluding hydrogens is 409 g/mol. The average Bonchev–Trinajstić information content (AvgIpc) is 2.84. The van der Waals surface area contributed by atoms with Gasteiger partial charge in [0.25, 0.3) is 0 Å². The number of nitrogens with zero attached hydrogens (tertiary/aromatic N) is 1. The number of aryl methyl sites for hydroxylation is 1. The number of aromatic nitrogens is 1. The first-order valence-corrected chi connectivity index (χ1v) is 12.7. The number of pyridine rings is 1. The van der Waals surface area contributed by atoms with E-state index >= 15 is 0 Å². The summed E-state index contributed by atoms with van der Waals surface area (Å²) in [6.45, 7) is 5.08. The van der Waals surface area contributed by atoms with E-state index < -0.39 is 0 Å². The maximum atomic E-state index is 14.7. The van der Waals surface area contributed by atoms with Crippen LogP contribution in [0.4, 0.5) is 4.39 Å². The zero-order chi connectivity index (χ0) is 23.3. The molecule has 0 bridgehead atoms. The van der Waals surface area contributed by atoms with Gasteiger partial charge in [-0.2, -0.15) is 0 Å². The van der Waals surface area contributed by atoms with Gasteiger partial charge in [-0.25, -0.2) is 4.39 Å². The molecule has 2 aromatic carbocycles. The van der Waals surface area contributed by atoms with Gasteiger partial charge in [0.1, 0.15) is 11.6 Å². The molecule has 0 aliphatic rings. The van der Waals surface area contributed by atoms with Crippen molar-refractivity contribution in [3.63, 3.8) is 0 Å². The summed E-state index contributed by atoms with van der Waals surface area (Å²) in [5.41, 5.74) is 4.68. The molecule has 0 aliphatic carbocycles. The van der Waals surface area contributed by atoms with Gasteiger partial charge in [0.15, 0.2) is 0 Å². The quantitative estimate of drug-likeness (QED) is 0.230. The Labute approximate surface area is 199 Å². The Morgan fingerprint density at radius 2 is 1.42 bits per heavy atom. The molecule has 0 amide bonds. The fourth-order valence-electron chi connectivity index (χ4n) is 4.03. The maximum absolute atomic E-state index is 14.7. The van der Waals surface area contributed by atoms with E-state index in [1.165, 1.54) is 63.0 Å². The summed E-state index contributed by atoms with van der Waals surface area (Å²) in [5, 5.41) is 0. The van der Waals surface area contributed by atoms with Gasteiger partial charge in [-0.05, 0) is 48.6 Å². The van der Waals surface area contributed by atoms with Gasteiger partial charge in [-0.15, -0.1) is 0 Å². The summed E-state index contributed by atoms with van der Waals surface area (Å²) >= 11 is 0. The molecule has 2 nitrogen and oxygen atoms in total. The number of rotatable bonds is 14. The molecule has 0 radical (unpaired) electrons. The molecule has 3 aromatic rings. The lowest BCUT2D eigenvalue weighted by Gasteiger charge is -2.09. The van der Waals surface area contributed by atoms with E-state index in [1.807, 2.05) is 24.4 Å². The Kier molecular flexibility index (Phi) is 10.4. The van der Waals surface area contributed by atoms with Crippen LogP contribution < -0.4 is 4.74 Å². The van der Waals surface area contributed by atoms with Crippen molar-refractivity contribution in [3.8, 4) is 28.1 Å². The minimum absolute atomic E-state index is 0.299. The highest BCUT2D eigenvalue weighted by Crippen LogP contribution is 2.27. The first-order chi connectivity index (χ1) is 16.2. The van der Waals surface area contributed by atoms with Crippen molar-refractivity contribution < 1.29 is 9.13 Å². The highest BCUT2D eigenvalue weighted by Gasteiger charge is 2.09. The highest BCUT2D eigenvalue weighted by molar-refractivity contribution is 5.67. The second-order valence-corrected chi connectivity index (χ2v) is 8.84. The molecule has 0 saturated carbocycles. The van der Waals surface area contributed by atoms with E-state index in [0.29, 0.717) is 23.6 Å². The van der Waals surface area contributed by atoms with Crippen LogP contribution >= 0.6 is 0 Å². The fraction of sp³-hybridized carbons (Fsp3) is 0.433. The molecule has 0 fully saturated rings. The first kappa shape index (κ1) is 25.0. The van der Waals surface area contributed by atoms with E-state index in [9.17, 15) is 4.39 Å². The standard InChI is InChI=1S/C30H38FNO/c1-3-5-7-8-9-11-21-33-27-18-19-28(29(31)22-27)30-20-17-26(23-32-30)25-15-13-24(14-16-25)12-10-6-4-2/h13-20,22-23H,3-12,21H2,1-2H3. The van der Waals surface area contributed by atoms with Crippen LogP contribution in [-0.2, 0) is 6.42 Å². The molecule has 0 atom stereocenters. The molecular formula is C30H38FNO. The summed E-state index contributed by atoms with van der Waals surface area (Å²) in [7, 11) is 0. The van der Waals surface area contributed by atoms with Gasteiger partial charge >= 0.3 is 0 Å². The van der Waals surface area contributed by atoms with Gasteiger partial charge < -0.3 is 4.74 Å². The van der Waals surface area contributed by atoms with Crippen molar-refractivity contribution in [2.45, 2.75) is 78.1 Å². The zero-order valence-electron chi connectivity index (χ0n) is 20.3. The summed E-state index contributed by atoms with van der Waals surface area (Å²) in [5.74, 6) is 0.285. The second kappa shape index (κ2) is 13.8. The van der Waals surface area contributed by atoms with Crippen LogP contribution in [0.3, 0.4) is 0 Å². The number of hydrogen-bond acceptors (Lipinski definition) is 2. The normalized spacial score (nSPS) is 11.0. The third-order valence-electron chi connectivity index (χ3n) is 6.10. The predicted molar refractivity (Wildman–Crippen MR) is 137 cm³/mol. The minimum atomic E-state index is -0.299. The minimum Gasteiger partial charge on any atom is -0.493 e. The van der Waals surface area contributed by atoms with Gasteiger partial charge in [0, 0.05) is 23.4 Å². The smallest absolute Gasteiger partial charge is 0.136 e. The Balaban J connectivity index is 1.54. The first-order valence-electron chi connectivity index (χ1n) is 12.7. The molecule has 3 heteroatoms. The largest absolute Gasteiger partial charge is 0.493 e. The van der Waals surface area contributed by atoms with Crippen LogP contribution in [0, 0.1) is 5.82 Å². The lowest BCUT2D eigenvalue weighted by molar-refractivity contribution is 0.303. The molecule has 33 heavy (non-hydrogen) atoms.